The molecule has 2 heterocycles. The fraction of sp³-hybridized carbons (Fsp3) is 0.636. The molecule has 12 nitrogen and oxygen atoms in total. The topological polar surface area (TPSA) is 177 Å². The fourth-order valence-corrected chi connectivity index (χ4v) is 6.21. The monoisotopic (exact) mass is 677 g/mol. The molecule has 3 fully saturated rings. The highest BCUT2D eigenvalue weighted by molar-refractivity contribution is 7.80. The summed E-state index contributed by atoms with van der Waals surface area (Å²) in [6.07, 6.45) is 9.64. The number of amides is 4. The van der Waals surface area contributed by atoms with Gasteiger partial charge in [0.25, 0.3) is 0 Å². The van der Waals surface area contributed by atoms with E-state index in [2.05, 4.69) is 33.9 Å². The van der Waals surface area contributed by atoms with E-state index in [1.54, 1.807) is 0 Å². The summed E-state index contributed by atoms with van der Waals surface area (Å²) < 4.78 is 18.3. The van der Waals surface area contributed by atoms with E-state index >= 15 is 0 Å². The molecule has 0 aromatic heterocycles. The standard InChI is InChI=1S/C25H41N3O5S.C8H7FN2O2/c1-17(34)7-8-23(30)27-21(15-19-9-12-26-24(19)31)22(29)16-33-25(32)18-10-13-28(14-11-18)20-5-3-2-4-6-20;9-5-3-1-2-4-6(5)11-8(13)7(10)12/h17-21,34H,2-16H2,1H3,(H,26,31)(H,27,30);1-4H,(H2,10,12)(H,11,13). The predicted octanol–water partition coefficient (Wildman–Crippen LogP) is 2.50. The molecule has 1 aromatic rings. The van der Waals surface area contributed by atoms with Gasteiger partial charge in [0.2, 0.25) is 11.8 Å². The van der Waals surface area contributed by atoms with Crippen molar-refractivity contribution in [3.8, 4) is 0 Å². The molecule has 0 spiro atoms. The minimum atomic E-state index is -1.15. The number of Topliss-reactive ketones (excluding diaryl/α,β-unsaturated/α-hetero) is 1. The molecule has 3 atom stereocenters. The minimum absolute atomic E-state index is 0.0636. The summed E-state index contributed by atoms with van der Waals surface area (Å²) in [5.74, 6) is -4.34. The van der Waals surface area contributed by atoms with Gasteiger partial charge in [0.05, 0.1) is 17.6 Å². The third kappa shape index (κ3) is 12.9. The SMILES string of the molecule is CC(S)CCC(=O)NC(CC1CCNC1=O)C(=O)COC(=O)C1CCN(C2CCCCC2)CC1.NC(=O)C(=O)Nc1ccccc1F. The first-order valence-electron chi connectivity index (χ1n) is 16.5. The number of nitrogens with one attached hydrogen (secondary N) is 3. The molecular formula is C33H48FN5O7S. The summed E-state index contributed by atoms with van der Waals surface area (Å²) in [4.78, 5) is 73.5. The number of hydrogen-bond donors (Lipinski definition) is 5. The maximum atomic E-state index is 12.9. The number of ketones is 1. The van der Waals surface area contributed by atoms with Crippen LogP contribution in [0.1, 0.15) is 77.6 Å². The number of para-hydroxylation sites is 1. The Morgan fingerprint density at radius 3 is 2.34 bits per heavy atom. The number of nitrogens with zero attached hydrogens (tertiary/aromatic N) is 1. The number of likely N-dealkylation sites (tertiary alicyclic amines) is 1. The summed E-state index contributed by atoms with van der Waals surface area (Å²) in [7, 11) is 0. The third-order valence-corrected chi connectivity index (χ3v) is 9.11. The molecule has 14 heteroatoms. The Morgan fingerprint density at radius 1 is 1.06 bits per heavy atom. The summed E-state index contributed by atoms with van der Waals surface area (Å²) in [5, 5.41) is 7.63. The Hall–Kier alpha value is -3.52. The lowest BCUT2D eigenvalue weighted by atomic mass is 9.90. The molecule has 47 heavy (non-hydrogen) atoms. The number of nitrogens with two attached hydrogens (primary N) is 1. The molecule has 0 bridgehead atoms. The molecule has 0 radical (unpaired) electrons. The molecule has 2 aliphatic heterocycles. The highest BCUT2D eigenvalue weighted by atomic mass is 32.1. The van der Waals surface area contributed by atoms with Crippen LogP contribution in [-0.4, -0.2) is 83.9 Å². The zero-order chi connectivity index (χ0) is 34.3. The molecule has 1 aromatic carbocycles. The maximum Gasteiger partial charge on any atom is 0.313 e. The van der Waals surface area contributed by atoms with Gasteiger partial charge >= 0.3 is 17.8 Å². The van der Waals surface area contributed by atoms with Crippen LogP contribution in [0.2, 0.25) is 0 Å². The number of hydrogen-bond acceptors (Lipinski definition) is 9. The number of rotatable bonds is 12. The summed E-state index contributed by atoms with van der Waals surface area (Å²) in [6, 6.07) is 5.30. The maximum absolute atomic E-state index is 12.9. The van der Waals surface area contributed by atoms with Crippen molar-refractivity contribution in [3.63, 3.8) is 0 Å². The summed E-state index contributed by atoms with van der Waals surface area (Å²) >= 11 is 4.29. The molecule has 4 rings (SSSR count). The summed E-state index contributed by atoms with van der Waals surface area (Å²) in [6.45, 7) is 3.91. The molecule has 260 valence electrons. The van der Waals surface area contributed by atoms with Gasteiger partial charge in [0.1, 0.15) is 5.82 Å². The number of carbonyl (C=O) groups is 6. The molecule has 3 aliphatic rings. The zero-order valence-electron chi connectivity index (χ0n) is 27.0. The molecule has 1 saturated carbocycles. The van der Waals surface area contributed by atoms with Crippen molar-refractivity contribution in [3.05, 3.63) is 30.1 Å². The number of esters is 1. The Kier molecular flexibility index (Phi) is 15.6. The Bertz CT molecular complexity index is 1250. The van der Waals surface area contributed by atoms with Gasteiger partial charge < -0.3 is 31.3 Å². The number of anilines is 1. The lowest BCUT2D eigenvalue weighted by molar-refractivity contribution is -0.154. The quantitative estimate of drug-likeness (QED) is 0.127. The first kappa shape index (κ1) is 37.9. The van der Waals surface area contributed by atoms with E-state index in [0.29, 0.717) is 25.4 Å². The largest absolute Gasteiger partial charge is 0.457 e. The van der Waals surface area contributed by atoms with Crippen LogP contribution in [0.25, 0.3) is 0 Å². The lowest BCUT2D eigenvalue weighted by Gasteiger charge is -2.38. The van der Waals surface area contributed by atoms with Gasteiger partial charge in [-0.15, -0.1) is 0 Å². The van der Waals surface area contributed by atoms with Crippen LogP contribution >= 0.6 is 12.6 Å². The van der Waals surface area contributed by atoms with E-state index in [1.165, 1.54) is 50.3 Å². The van der Waals surface area contributed by atoms with Crippen molar-refractivity contribution in [2.45, 2.75) is 94.9 Å². The van der Waals surface area contributed by atoms with Crippen LogP contribution in [0.15, 0.2) is 24.3 Å². The number of ether oxygens (including phenoxy) is 1. The third-order valence-electron chi connectivity index (χ3n) is 8.85. The van der Waals surface area contributed by atoms with Crippen molar-refractivity contribution >= 4 is 53.7 Å². The number of piperidine rings is 1. The second-order valence-corrected chi connectivity index (χ2v) is 13.4. The van der Waals surface area contributed by atoms with Crippen molar-refractivity contribution in [1.29, 1.82) is 0 Å². The van der Waals surface area contributed by atoms with Gasteiger partial charge in [-0.25, -0.2) is 4.39 Å². The van der Waals surface area contributed by atoms with E-state index in [4.69, 9.17) is 4.74 Å². The molecule has 3 unspecified atom stereocenters. The fourth-order valence-electron chi connectivity index (χ4n) is 6.09. The summed E-state index contributed by atoms with van der Waals surface area (Å²) in [5.41, 5.74) is 4.60. The van der Waals surface area contributed by atoms with E-state index in [0.717, 1.165) is 32.0 Å². The second kappa shape index (κ2) is 19.3. The highest BCUT2D eigenvalue weighted by Crippen LogP contribution is 2.27. The van der Waals surface area contributed by atoms with E-state index in [1.807, 2.05) is 12.2 Å². The van der Waals surface area contributed by atoms with Crippen LogP contribution in [0.3, 0.4) is 0 Å². The van der Waals surface area contributed by atoms with Crippen LogP contribution in [0, 0.1) is 17.7 Å². The van der Waals surface area contributed by atoms with Crippen molar-refractivity contribution in [2.75, 3.05) is 31.6 Å². The average Bonchev–Trinajstić information content (AvgIpc) is 3.47. The van der Waals surface area contributed by atoms with E-state index in [9.17, 15) is 33.2 Å². The Morgan fingerprint density at radius 2 is 1.74 bits per heavy atom. The first-order chi connectivity index (χ1) is 22.4. The number of thiol groups is 1. The molecule has 2 saturated heterocycles. The van der Waals surface area contributed by atoms with Crippen LogP contribution in [0.5, 0.6) is 0 Å². The molecule has 1 aliphatic carbocycles. The molecule has 5 N–H and O–H groups in total. The average molecular weight is 678 g/mol. The Balaban J connectivity index is 0.000000386. The van der Waals surface area contributed by atoms with Gasteiger partial charge in [-0.1, -0.05) is 38.3 Å². The van der Waals surface area contributed by atoms with Gasteiger partial charge in [0, 0.05) is 24.9 Å². The zero-order valence-corrected chi connectivity index (χ0v) is 27.9. The van der Waals surface area contributed by atoms with Gasteiger partial charge in [0.15, 0.2) is 12.4 Å². The molecular weight excluding hydrogens is 629 g/mol. The number of primary amides is 1. The number of carbonyl (C=O) groups excluding carboxylic acids is 6. The van der Waals surface area contributed by atoms with Gasteiger partial charge in [-0.05, 0) is 75.4 Å². The minimum Gasteiger partial charge on any atom is -0.457 e. The van der Waals surface area contributed by atoms with Crippen LogP contribution < -0.4 is 21.7 Å². The smallest absolute Gasteiger partial charge is 0.313 e. The number of benzene rings is 1. The predicted molar refractivity (Wildman–Crippen MR) is 177 cm³/mol. The normalized spacial score (nSPS) is 20.1. The van der Waals surface area contributed by atoms with Gasteiger partial charge in [-0.2, -0.15) is 12.6 Å². The highest BCUT2D eigenvalue weighted by Gasteiger charge is 2.33. The van der Waals surface area contributed by atoms with Crippen molar-refractivity contribution < 1.29 is 37.9 Å². The van der Waals surface area contributed by atoms with Gasteiger partial charge in [-0.3, -0.25) is 28.8 Å². The van der Waals surface area contributed by atoms with E-state index in [-0.39, 0.29) is 65.8 Å². The number of halogens is 1. The lowest BCUT2D eigenvalue weighted by Crippen LogP contribution is -2.46. The first-order valence-corrected chi connectivity index (χ1v) is 17.0. The van der Waals surface area contributed by atoms with Crippen molar-refractivity contribution in [2.24, 2.45) is 17.6 Å². The van der Waals surface area contributed by atoms with Crippen molar-refractivity contribution in [1.82, 2.24) is 15.5 Å². The van der Waals surface area contributed by atoms with Crippen LogP contribution in [-0.2, 0) is 33.5 Å². The second-order valence-electron chi connectivity index (χ2n) is 12.5. The van der Waals surface area contributed by atoms with E-state index < -0.39 is 23.7 Å². The molecule has 4 amide bonds. The Labute approximate surface area is 280 Å². The van der Waals surface area contributed by atoms with Crippen LogP contribution in [0.4, 0.5) is 10.1 Å².